The number of rotatable bonds is 2. The highest BCUT2D eigenvalue weighted by Crippen LogP contribution is 2.30. The number of amides is 1. The van der Waals surface area contributed by atoms with E-state index in [4.69, 9.17) is 0 Å². The van der Waals surface area contributed by atoms with Crippen molar-refractivity contribution >= 4 is 17.2 Å². The SMILES string of the molecule is Cc1nc(C)c(C(=O)N2CCCC(c3cc(=O)nc4n3CCC4)C2)s1. The topological polar surface area (TPSA) is 68.1 Å². The smallest absolute Gasteiger partial charge is 0.273 e. The van der Waals surface area contributed by atoms with Gasteiger partial charge in [-0.25, -0.2) is 4.98 Å². The van der Waals surface area contributed by atoms with Crippen LogP contribution in [0.5, 0.6) is 0 Å². The van der Waals surface area contributed by atoms with Gasteiger partial charge in [-0.2, -0.15) is 4.98 Å². The van der Waals surface area contributed by atoms with E-state index in [9.17, 15) is 9.59 Å². The summed E-state index contributed by atoms with van der Waals surface area (Å²) in [5.74, 6) is 1.19. The number of likely N-dealkylation sites (tertiary alicyclic amines) is 1. The zero-order chi connectivity index (χ0) is 17.6. The Morgan fingerprint density at radius 2 is 2.08 bits per heavy atom. The molecular weight excluding hydrogens is 336 g/mol. The summed E-state index contributed by atoms with van der Waals surface area (Å²) in [5.41, 5.74) is 1.72. The van der Waals surface area contributed by atoms with Crippen LogP contribution in [0.25, 0.3) is 0 Å². The normalized spacial score (nSPS) is 19.9. The van der Waals surface area contributed by atoms with Gasteiger partial charge in [0.2, 0.25) is 0 Å². The van der Waals surface area contributed by atoms with E-state index in [0.717, 1.165) is 65.9 Å². The van der Waals surface area contributed by atoms with Gasteiger partial charge in [0.15, 0.2) is 0 Å². The molecule has 0 aliphatic carbocycles. The van der Waals surface area contributed by atoms with Crippen LogP contribution in [-0.4, -0.2) is 38.4 Å². The number of carbonyl (C=O) groups is 1. The van der Waals surface area contributed by atoms with Gasteiger partial charge < -0.3 is 9.47 Å². The summed E-state index contributed by atoms with van der Waals surface area (Å²) in [4.78, 5) is 36.1. The predicted octanol–water partition coefficient (Wildman–Crippen LogP) is 2.28. The van der Waals surface area contributed by atoms with Crippen LogP contribution in [0.3, 0.4) is 0 Å². The fourth-order valence-corrected chi connectivity index (χ4v) is 4.92. The summed E-state index contributed by atoms with van der Waals surface area (Å²) in [5, 5.41) is 0.924. The van der Waals surface area contributed by atoms with Crippen LogP contribution in [0.15, 0.2) is 10.9 Å². The highest BCUT2D eigenvalue weighted by atomic mass is 32.1. The molecule has 1 unspecified atom stereocenters. The number of carbonyl (C=O) groups excluding carboxylic acids is 1. The molecule has 1 fully saturated rings. The lowest BCUT2D eigenvalue weighted by atomic mass is 9.94. The molecule has 6 nitrogen and oxygen atoms in total. The number of fused-ring (bicyclic) bond motifs is 1. The fourth-order valence-electron chi connectivity index (χ4n) is 4.03. The van der Waals surface area contributed by atoms with Crippen LogP contribution in [0.2, 0.25) is 0 Å². The van der Waals surface area contributed by atoms with E-state index in [1.165, 1.54) is 11.3 Å². The quantitative estimate of drug-likeness (QED) is 0.826. The molecular formula is C18H22N4O2S. The molecule has 0 bridgehead atoms. The Hall–Kier alpha value is -2.02. The fraction of sp³-hybridized carbons (Fsp3) is 0.556. The van der Waals surface area contributed by atoms with E-state index in [1.807, 2.05) is 18.7 Å². The number of piperidine rings is 1. The van der Waals surface area contributed by atoms with Crippen LogP contribution in [0, 0.1) is 13.8 Å². The van der Waals surface area contributed by atoms with Gasteiger partial charge in [0.25, 0.3) is 11.5 Å². The molecule has 1 amide bonds. The van der Waals surface area contributed by atoms with Crippen LogP contribution < -0.4 is 5.56 Å². The van der Waals surface area contributed by atoms with Gasteiger partial charge in [-0.05, 0) is 33.1 Å². The zero-order valence-corrected chi connectivity index (χ0v) is 15.4. The van der Waals surface area contributed by atoms with E-state index in [-0.39, 0.29) is 17.4 Å². The number of nitrogens with zero attached hydrogens (tertiary/aromatic N) is 4. The molecule has 2 aromatic rings. The molecule has 0 aromatic carbocycles. The second-order valence-electron chi connectivity index (χ2n) is 6.93. The number of aromatic nitrogens is 3. The Kier molecular flexibility index (Phi) is 4.19. The van der Waals surface area contributed by atoms with Crippen molar-refractivity contribution in [1.29, 1.82) is 0 Å². The summed E-state index contributed by atoms with van der Waals surface area (Å²) in [7, 11) is 0. The van der Waals surface area contributed by atoms with Crippen molar-refractivity contribution in [3.05, 3.63) is 43.5 Å². The van der Waals surface area contributed by atoms with Crippen molar-refractivity contribution in [2.24, 2.45) is 0 Å². The summed E-state index contributed by atoms with van der Waals surface area (Å²) >= 11 is 1.47. The van der Waals surface area contributed by atoms with Crippen LogP contribution in [0.1, 0.15) is 57.1 Å². The third-order valence-electron chi connectivity index (χ3n) is 5.14. The standard InChI is InChI=1S/C18H22N4O2S/c1-11-17(25-12(2)19-11)18(24)21-7-3-5-13(10-21)14-9-16(23)20-15-6-4-8-22(14)15/h9,13H,3-8,10H2,1-2H3. The van der Waals surface area contributed by atoms with E-state index < -0.39 is 0 Å². The molecule has 0 saturated carbocycles. The maximum atomic E-state index is 12.9. The largest absolute Gasteiger partial charge is 0.337 e. The molecule has 25 heavy (non-hydrogen) atoms. The molecule has 2 aromatic heterocycles. The monoisotopic (exact) mass is 358 g/mol. The van der Waals surface area contributed by atoms with Crippen molar-refractivity contribution in [2.75, 3.05) is 13.1 Å². The van der Waals surface area contributed by atoms with E-state index in [1.54, 1.807) is 6.07 Å². The average molecular weight is 358 g/mol. The summed E-state index contributed by atoms with van der Waals surface area (Å²) in [6, 6.07) is 1.68. The van der Waals surface area contributed by atoms with Gasteiger partial charge in [0, 0.05) is 43.7 Å². The Morgan fingerprint density at radius 3 is 2.84 bits per heavy atom. The average Bonchev–Trinajstić information content (AvgIpc) is 3.19. The molecule has 2 aliphatic rings. The first-order chi connectivity index (χ1) is 12.0. The minimum atomic E-state index is -0.152. The zero-order valence-electron chi connectivity index (χ0n) is 14.6. The number of hydrogen-bond acceptors (Lipinski definition) is 5. The molecule has 0 N–H and O–H groups in total. The lowest BCUT2D eigenvalue weighted by Crippen LogP contribution is -2.40. The van der Waals surface area contributed by atoms with Gasteiger partial charge in [0.05, 0.1) is 10.7 Å². The van der Waals surface area contributed by atoms with Crippen LogP contribution in [-0.2, 0) is 13.0 Å². The third-order valence-corrected chi connectivity index (χ3v) is 6.20. The lowest BCUT2D eigenvalue weighted by molar-refractivity contribution is 0.0708. The van der Waals surface area contributed by atoms with E-state index >= 15 is 0 Å². The Bertz CT molecular complexity index is 886. The van der Waals surface area contributed by atoms with Crippen LogP contribution in [0.4, 0.5) is 0 Å². The molecule has 2 aliphatic heterocycles. The highest BCUT2D eigenvalue weighted by Gasteiger charge is 2.30. The third kappa shape index (κ3) is 3.01. The molecule has 1 atom stereocenters. The molecule has 0 radical (unpaired) electrons. The number of aryl methyl sites for hydroxylation is 3. The van der Waals surface area contributed by atoms with Crippen LogP contribution >= 0.6 is 11.3 Å². The summed E-state index contributed by atoms with van der Waals surface area (Å²) < 4.78 is 2.20. The summed E-state index contributed by atoms with van der Waals surface area (Å²) in [6.45, 7) is 6.19. The molecule has 0 spiro atoms. The predicted molar refractivity (Wildman–Crippen MR) is 96.3 cm³/mol. The minimum Gasteiger partial charge on any atom is -0.337 e. The Balaban J connectivity index is 1.61. The van der Waals surface area contributed by atoms with Crippen molar-refractivity contribution in [1.82, 2.24) is 19.4 Å². The van der Waals surface area contributed by atoms with Gasteiger partial charge >= 0.3 is 0 Å². The van der Waals surface area contributed by atoms with E-state index in [0.29, 0.717) is 6.54 Å². The lowest BCUT2D eigenvalue weighted by Gasteiger charge is -2.33. The van der Waals surface area contributed by atoms with Gasteiger partial charge in [0.1, 0.15) is 10.7 Å². The first kappa shape index (κ1) is 16.4. The molecule has 4 heterocycles. The molecule has 4 rings (SSSR count). The van der Waals surface area contributed by atoms with Gasteiger partial charge in [-0.3, -0.25) is 9.59 Å². The molecule has 7 heteroatoms. The van der Waals surface area contributed by atoms with E-state index in [2.05, 4.69) is 14.5 Å². The first-order valence-corrected chi connectivity index (χ1v) is 9.68. The number of thiazole rings is 1. The molecule has 132 valence electrons. The van der Waals surface area contributed by atoms with Crippen molar-refractivity contribution in [2.45, 2.75) is 52.0 Å². The van der Waals surface area contributed by atoms with Crippen molar-refractivity contribution in [3.63, 3.8) is 0 Å². The minimum absolute atomic E-state index is 0.0749. The van der Waals surface area contributed by atoms with Crippen molar-refractivity contribution < 1.29 is 4.79 Å². The van der Waals surface area contributed by atoms with Crippen molar-refractivity contribution in [3.8, 4) is 0 Å². The van der Waals surface area contributed by atoms with Gasteiger partial charge in [-0.1, -0.05) is 0 Å². The maximum absolute atomic E-state index is 12.9. The number of hydrogen-bond donors (Lipinski definition) is 0. The van der Waals surface area contributed by atoms with Gasteiger partial charge in [-0.15, -0.1) is 11.3 Å². The highest BCUT2D eigenvalue weighted by molar-refractivity contribution is 7.13. The maximum Gasteiger partial charge on any atom is 0.273 e. The molecule has 1 saturated heterocycles. The first-order valence-electron chi connectivity index (χ1n) is 8.87. The Labute approximate surface area is 150 Å². The second-order valence-corrected chi connectivity index (χ2v) is 8.13. The summed E-state index contributed by atoms with van der Waals surface area (Å²) in [6.07, 6.45) is 3.88. The second kappa shape index (κ2) is 6.37. The Morgan fingerprint density at radius 1 is 1.24 bits per heavy atom.